The molecule has 198 valence electrons. The number of carboxylic acids is 1. The number of benzene rings is 2. The zero-order valence-electron chi connectivity index (χ0n) is 21.5. The molecule has 0 fully saturated rings. The number of hydrogen-bond donors (Lipinski definition) is 2. The third-order valence-corrected chi connectivity index (χ3v) is 5.89. The summed E-state index contributed by atoms with van der Waals surface area (Å²) in [4.78, 5) is 26.0. The standard InChI is InChI=1S/C28H39FN2O5/c1-4-9-22(10-5-2)20-31(28(34)30-25-12-8-7-11-24(25)29)17-18-36-23-15-13-21(14-16-23)19-26(27(32)33)35-6-3/h7-8,11-16,22,26H,4-6,9-10,17-20H2,1-3H3,(H,30,34)(H,32,33). The predicted octanol–water partition coefficient (Wildman–Crippen LogP) is 5.99. The van der Waals surface area contributed by atoms with Crippen LogP contribution in [0.15, 0.2) is 48.5 Å². The van der Waals surface area contributed by atoms with Gasteiger partial charge < -0.3 is 24.8 Å². The van der Waals surface area contributed by atoms with Gasteiger partial charge in [0.1, 0.15) is 18.2 Å². The Morgan fingerprint density at radius 1 is 1.03 bits per heavy atom. The largest absolute Gasteiger partial charge is 0.492 e. The van der Waals surface area contributed by atoms with Crippen LogP contribution >= 0.6 is 0 Å². The second kappa shape index (κ2) is 15.8. The van der Waals surface area contributed by atoms with Crippen LogP contribution in [-0.4, -0.2) is 54.4 Å². The van der Waals surface area contributed by atoms with Crippen molar-refractivity contribution >= 4 is 17.7 Å². The number of rotatable bonds is 16. The average molecular weight is 503 g/mol. The summed E-state index contributed by atoms with van der Waals surface area (Å²) in [5, 5.41) is 12.0. The first-order chi connectivity index (χ1) is 17.4. The quantitative estimate of drug-likeness (QED) is 0.294. The highest BCUT2D eigenvalue weighted by Crippen LogP contribution is 2.19. The lowest BCUT2D eigenvalue weighted by Crippen LogP contribution is -2.41. The highest BCUT2D eigenvalue weighted by Gasteiger charge is 2.20. The van der Waals surface area contributed by atoms with Gasteiger partial charge in [0, 0.05) is 19.6 Å². The van der Waals surface area contributed by atoms with Gasteiger partial charge in [0.15, 0.2) is 6.10 Å². The summed E-state index contributed by atoms with van der Waals surface area (Å²) >= 11 is 0. The Hall–Kier alpha value is -3.13. The minimum absolute atomic E-state index is 0.151. The van der Waals surface area contributed by atoms with Crippen molar-refractivity contribution in [2.45, 2.75) is 59.0 Å². The van der Waals surface area contributed by atoms with E-state index >= 15 is 0 Å². The zero-order valence-corrected chi connectivity index (χ0v) is 21.5. The highest BCUT2D eigenvalue weighted by atomic mass is 19.1. The maximum Gasteiger partial charge on any atom is 0.333 e. The molecule has 0 aliphatic heterocycles. The number of aliphatic carboxylic acids is 1. The number of para-hydroxylation sites is 1. The lowest BCUT2D eigenvalue weighted by Gasteiger charge is -2.28. The number of amides is 2. The van der Waals surface area contributed by atoms with Crippen molar-refractivity contribution in [3.63, 3.8) is 0 Å². The van der Waals surface area contributed by atoms with E-state index in [1.54, 1.807) is 42.2 Å². The Bertz CT molecular complexity index is 932. The SMILES string of the molecule is CCCC(CCC)CN(CCOc1ccc(CC(OCC)C(=O)O)cc1)C(=O)Nc1ccccc1F. The van der Waals surface area contributed by atoms with Crippen LogP contribution in [0.4, 0.5) is 14.9 Å². The fourth-order valence-electron chi connectivity index (χ4n) is 4.12. The molecule has 0 aliphatic rings. The molecule has 0 aromatic heterocycles. The fourth-order valence-corrected chi connectivity index (χ4v) is 4.12. The van der Waals surface area contributed by atoms with E-state index in [4.69, 9.17) is 9.47 Å². The lowest BCUT2D eigenvalue weighted by molar-refractivity contribution is -0.149. The maximum absolute atomic E-state index is 14.1. The van der Waals surface area contributed by atoms with E-state index in [0.717, 1.165) is 31.2 Å². The number of halogens is 1. The van der Waals surface area contributed by atoms with E-state index < -0.39 is 17.9 Å². The molecule has 2 aromatic rings. The van der Waals surface area contributed by atoms with Crippen molar-refractivity contribution in [3.8, 4) is 5.75 Å². The number of hydrogen-bond acceptors (Lipinski definition) is 4. The van der Waals surface area contributed by atoms with Gasteiger partial charge in [0.05, 0.1) is 12.2 Å². The van der Waals surface area contributed by atoms with Crippen molar-refractivity contribution < 1.29 is 28.6 Å². The number of carbonyl (C=O) groups is 2. The summed E-state index contributed by atoms with van der Waals surface area (Å²) in [5.74, 6) is -0.487. The third kappa shape index (κ3) is 9.85. The molecular formula is C28H39FN2O5. The van der Waals surface area contributed by atoms with E-state index in [1.165, 1.54) is 6.07 Å². The highest BCUT2D eigenvalue weighted by molar-refractivity contribution is 5.89. The van der Waals surface area contributed by atoms with Crippen LogP contribution in [0.2, 0.25) is 0 Å². The van der Waals surface area contributed by atoms with Crippen LogP contribution in [0.5, 0.6) is 5.75 Å². The molecule has 7 nitrogen and oxygen atoms in total. The molecule has 0 heterocycles. The molecule has 36 heavy (non-hydrogen) atoms. The van der Waals surface area contributed by atoms with Crippen molar-refractivity contribution in [2.75, 3.05) is 31.6 Å². The average Bonchev–Trinajstić information content (AvgIpc) is 2.85. The van der Waals surface area contributed by atoms with Gasteiger partial charge in [-0.25, -0.2) is 14.0 Å². The number of ether oxygens (including phenoxy) is 2. The molecule has 0 aliphatic carbocycles. The first kappa shape index (κ1) is 29.1. The van der Waals surface area contributed by atoms with Gasteiger partial charge in [-0.1, -0.05) is 51.0 Å². The molecule has 0 spiro atoms. The molecule has 2 N–H and O–H groups in total. The molecule has 0 radical (unpaired) electrons. The van der Waals surface area contributed by atoms with Crippen LogP contribution in [0.1, 0.15) is 52.0 Å². The minimum atomic E-state index is -0.990. The number of urea groups is 1. The van der Waals surface area contributed by atoms with Crippen LogP contribution in [0.25, 0.3) is 0 Å². The molecule has 2 aromatic carbocycles. The Kier molecular flexibility index (Phi) is 12.8. The Labute approximate surface area is 213 Å². The first-order valence-electron chi connectivity index (χ1n) is 12.7. The van der Waals surface area contributed by atoms with E-state index in [1.807, 2.05) is 12.1 Å². The molecule has 1 atom stereocenters. The second-order valence-electron chi connectivity index (χ2n) is 8.78. The Balaban J connectivity index is 2.00. The van der Waals surface area contributed by atoms with Crippen molar-refractivity contribution in [3.05, 3.63) is 59.9 Å². The van der Waals surface area contributed by atoms with Gasteiger partial charge in [0.2, 0.25) is 0 Å². The summed E-state index contributed by atoms with van der Waals surface area (Å²) in [5.41, 5.74) is 0.981. The summed E-state index contributed by atoms with van der Waals surface area (Å²) in [6, 6.07) is 12.9. The normalized spacial score (nSPS) is 11.8. The van der Waals surface area contributed by atoms with Gasteiger partial charge in [-0.05, 0) is 55.5 Å². The second-order valence-corrected chi connectivity index (χ2v) is 8.78. The summed E-state index contributed by atoms with van der Waals surface area (Å²) in [6.45, 7) is 7.54. The topological polar surface area (TPSA) is 88.1 Å². The molecule has 2 rings (SSSR count). The molecular weight excluding hydrogens is 463 g/mol. The van der Waals surface area contributed by atoms with Gasteiger partial charge in [-0.2, -0.15) is 0 Å². The smallest absolute Gasteiger partial charge is 0.333 e. The van der Waals surface area contributed by atoms with Gasteiger partial charge >= 0.3 is 12.0 Å². The number of nitrogens with one attached hydrogen (secondary N) is 1. The van der Waals surface area contributed by atoms with Crippen LogP contribution in [-0.2, 0) is 16.0 Å². The lowest BCUT2D eigenvalue weighted by atomic mass is 9.98. The Morgan fingerprint density at radius 3 is 2.28 bits per heavy atom. The monoisotopic (exact) mass is 502 g/mol. The van der Waals surface area contributed by atoms with Crippen LogP contribution in [0.3, 0.4) is 0 Å². The van der Waals surface area contributed by atoms with Crippen LogP contribution in [0, 0.1) is 11.7 Å². The minimum Gasteiger partial charge on any atom is -0.492 e. The Morgan fingerprint density at radius 2 is 1.69 bits per heavy atom. The molecule has 8 heteroatoms. The molecule has 2 amide bonds. The van der Waals surface area contributed by atoms with Crippen molar-refractivity contribution in [1.29, 1.82) is 0 Å². The first-order valence-corrected chi connectivity index (χ1v) is 12.7. The third-order valence-electron chi connectivity index (χ3n) is 5.89. The number of carbonyl (C=O) groups excluding carboxylic acids is 1. The van der Waals surface area contributed by atoms with Crippen LogP contribution < -0.4 is 10.1 Å². The van der Waals surface area contributed by atoms with Gasteiger partial charge in [0.25, 0.3) is 0 Å². The summed E-state index contributed by atoms with van der Waals surface area (Å²) < 4.78 is 25.2. The van der Waals surface area contributed by atoms with E-state index in [0.29, 0.717) is 31.4 Å². The van der Waals surface area contributed by atoms with Crippen molar-refractivity contribution in [2.24, 2.45) is 5.92 Å². The molecule has 0 bridgehead atoms. The summed E-state index contributed by atoms with van der Waals surface area (Å²) in [6.07, 6.45) is 3.47. The predicted molar refractivity (Wildman–Crippen MR) is 139 cm³/mol. The molecule has 0 saturated heterocycles. The molecule has 1 unspecified atom stereocenters. The van der Waals surface area contributed by atoms with Gasteiger partial charge in [-0.15, -0.1) is 0 Å². The van der Waals surface area contributed by atoms with E-state index in [2.05, 4.69) is 19.2 Å². The van der Waals surface area contributed by atoms with E-state index in [9.17, 15) is 19.1 Å². The maximum atomic E-state index is 14.1. The number of carboxylic acid groups (broad SMARTS) is 1. The fraction of sp³-hybridized carbons (Fsp3) is 0.500. The van der Waals surface area contributed by atoms with E-state index in [-0.39, 0.29) is 24.7 Å². The van der Waals surface area contributed by atoms with Crippen molar-refractivity contribution in [1.82, 2.24) is 4.90 Å². The molecule has 0 saturated carbocycles. The zero-order chi connectivity index (χ0) is 26.3. The number of nitrogens with zero attached hydrogens (tertiary/aromatic N) is 1. The van der Waals surface area contributed by atoms with Gasteiger partial charge in [-0.3, -0.25) is 0 Å². The summed E-state index contributed by atoms with van der Waals surface area (Å²) in [7, 11) is 0. The number of anilines is 1.